The van der Waals surface area contributed by atoms with Crippen LogP contribution in [-0.2, 0) is 16.6 Å². The minimum Gasteiger partial charge on any atom is -0.319 e. The van der Waals surface area contributed by atoms with Crippen LogP contribution in [0.5, 0.6) is 0 Å². The van der Waals surface area contributed by atoms with Crippen LogP contribution in [-0.4, -0.2) is 36.7 Å². The summed E-state index contributed by atoms with van der Waals surface area (Å²) >= 11 is 0. The van der Waals surface area contributed by atoms with Crippen molar-refractivity contribution in [3.63, 3.8) is 0 Å². The Bertz CT molecular complexity index is 890. The molecule has 1 heterocycles. The van der Waals surface area contributed by atoms with Gasteiger partial charge in [0.15, 0.2) is 0 Å². The Morgan fingerprint density at radius 3 is 2.35 bits per heavy atom. The smallest absolute Gasteiger partial charge is 0.319 e. The second-order valence-corrected chi connectivity index (χ2v) is 8.16. The lowest BCUT2D eigenvalue weighted by Gasteiger charge is -2.31. The van der Waals surface area contributed by atoms with Gasteiger partial charge in [-0.05, 0) is 31.0 Å². The van der Waals surface area contributed by atoms with Crippen LogP contribution < -0.4 is 0 Å². The van der Waals surface area contributed by atoms with Crippen molar-refractivity contribution in [1.82, 2.24) is 9.21 Å². The molecular formula is C20H22N2O3S. The molecule has 6 heteroatoms. The van der Waals surface area contributed by atoms with Crippen molar-refractivity contribution >= 4 is 16.1 Å². The number of amides is 2. The summed E-state index contributed by atoms with van der Waals surface area (Å²) in [6, 6.07) is 15.7. The van der Waals surface area contributed by atoms with Crippen molar-refractivity contribution in [2.45, 2.75) is 24.8 Å². The largest absolute Gasteiger partial charge is 0.334 e. The molecule has 2 aromatic carbocycles. The summed E-state index contributed by atoms with van der Waals surface area (Å²) in [5.74, 6) is 0. The van der Waals surface area contributed by atoms with Crippen molar-refractivity contribution in [3.05, 3.63) is 77.9 Å². The standard InChI is InChI=1S/C20H22N2O3S/c1-17-10-12-19(13-11-17)26(24,25)22-15-7-3-6-14-21(20(22)23)16-18-8-4-2-5-9-18/h2-5,7-13H,6,14-16H2,1H3/b7-3-. The number of carbonyl (C=O) groups excluding carboxylic acids is 1. The highest BCUT2D eigenvalue weighted by atomic mass is 32.2. The first kappa shape index (κ1) is 18.2. The highest BCUT2D eigenvalue weighted by Gasteiger charge is 2.32. The zero-order valence-corrected chi connectivity index (χ0v) is 15.5. The van der Waals surface area contributed by atoms with E-state index in [4.69, 9.17) is 0 Å². The van der Waals surface area contributed by atoms with Crippen LogP contribution in [0.15, 0.2) is 71.6 Å². The van der Waals surface area contributed by atoms with Crippen LogP contribution in [0.1, 0.15) is 17.5 Å². The average Bonchev–Trinajstić information content (AvgIpc) is 2.62. The number of sulfonamides is 1. The summed E-state index contributed by atoms with van der Waals surface area (Å²) in [4.78, 5) is 14.7. The molecule has 0 aliphatic carbocycles. The number of carbonyl (C=O) groups is 1. The van der Waals surface area contributed by atoms with Crippen molar-refractivity contribution in [1.29, 1.82) is 0 Å². The predicted molar refractivity (Wildman–Crippen MR) is 101 cm³/mol. The molecule has 0 unspecified atom stereocenters. The molecule has 3 rings (SSSR count). The maximum absolute atomic E-state index is 13.0. The van der Waals surface area contributed by atoms with Crippen LogP contribution in [0, 0.1) is 6.92 Å². The second-order valence-electron chi connectivity index (χ2n) is 6.30. The molecule has 0 atom stereocenters. The number of rotatable bonds is 4. The van der Waals surface area contributed by atoms with E-state index in [-0.39, 0.29) is 11.4 Å². The van der Waals surface area contributed by atoms with E-state index in [0.717, 1.165) is 15.4 Å². The molecule has 0 aromatic heterocycles. The summed E-state index contributed by atoms with van der Waals surface area (Å²) in [5.41, 5.74) is 1.94. The van der Waals surface area contributed by atoms with Gasteiger partial charge in [0.2, 0.25) is 0 Å². The Kier molecular flexibility index (Phi) is 5.42. The SMILES string of the molecule is Cc1ccc(S(=O)(=O)N2C/C=C\CCN(Cc3ccccc3)C2=O)cc1. The molecular weight excluding hydrogens is 348 g/mol. The number of benzene rings is 2. The molecule has 26 heavy (non-hydrogen) atoms. The molecule has 1 aliphatic heterocycles. The number of hydrogen-bond acceptors (Lipinski definition) is 3. The van der Waals surface area contributed by atoms with Gasteiger partial charge in [-0.25, -0.2) is 17.5 Å². The van der Waals surface area contributed by atoms with E-state index in [9.17, 15) is 13.2 Å². The van der Waals surface area contributed by atoms with E-state index in [2.05, 4.69) is 0 Å². The number of aryl methyl sites for hydroxylation is 1. The van der Waals surface area contributed by atoms with Crippen LogP contribution >= 0.6 is 0 Å². The molecule has 0 spiro atoms. The summed E-state index contributed by atoms with van der Waals surface area (Å²) in [5, 5.41) is 0. The Morgan fingerprint density at radius 1 is 0.962 bits per heavy atom. The zero-order valence-electron chi connectivity index (χ0n) is 14.7. The van der Waals surface area contributed by atoms with Gasteiger partial charge in [0.05, 0.1) is 11.4 Å². The summed E-state index contributed by atoms with van der Waals surface area (Å²) in [7, 11) is -3.90. The third-order valence-electron chi connectivity index (χ3n) is 4.31. The van der Waals surface area contributed by atoms with Gasteiger partial charge in [-0.1, -0.05) is 60.2 Å². The first-order valence-electron chi connectivity index (χ1n) is 8.56. The lowest BCUT2D eigenvalue weighted by atomic mass is 10.2. The fourth-order valence-corrected chi connectivity index (χ4v) is 4.18. The van der Waals surface area contributed by atoms with Gasteiger partial charge in [-0.2, -0.15) is 0 Å². The summed E-state index contributed by atoms with van der Waals surface area (Å²) in [6.45, 7) is 2.79. The maximum Gasteiger partial charge on any atom is 0.334 e. The highest BCUT2D eigenvalue weighted by Crippen LogP contribution is 2.20. The molecule has 1 aliphatic rings. The van der Waals surface area contributed by atoms with Crippen molar-refractivity contribution in [3.8, 4) is 0 Å². The monoisotopic (exact) mass is 370 g/mol. The normalized spacial score (nSPS) is 16.9. The van der Waals surface area contributed by atoms with Crippen LogP contribution in [0.3, 0.4) is 0 Å². The van der Waals surface area contributed by atoms with Crippen LogP contribution in [0.25, 0.3) is 0 Å². The lowest BCUT2D eigenvalue weighted by molar-refractivity contribution is 0.177. The Hall–Kier alpha value is -2.60. The second kappa shape index (κ2) is 7.74. The quantitative estimate of drug-likeness (QED) is 0.773. The first-order chi connectivity index (χ1) is 12.5. The fourth-order valence-electron chi connectivity index (χ4n) is 2.84. The van der Waals surface area contributed by atoms with Crippen molar-refractivity contribution < 1.29 is 13.2 Å². The number of urea groups is 1. The first-order valence-corrected chi connectivity index (χ1v) is 10.00. The molecule has 136 valence electrons. The van der Waals surface area contributed by atoms with Crippen LogP contribution in [0.4, 0.5) is 4.79 Å². The molecule has 2 aromatic rings. The third-order valence-corrected chi connectivity index (χ3v) is 6.07. The summed E-state index contributed by atoms with van der Waals surface area (Å²) < 4.78 is 27.0. The molecule has 0 saturated carbocycles. The Labute approximate surface area is 154 Å². The van der Waals surface area contributed by atoms with Crippen LogP contribution in [0.2, 0.25) is 0 Å². The minimum atomic E-state index is -3.90. The number of nitrogens with zero attached hydrogens (tertiary/aromatic N) is 2. The van der Waals surface area contributed by atoms with E-state index >= 15 is 0 Å². The molecule has 5 nitrogen and oxygen atoms in total. The Morgan fingerprint density at radius 2 is 1.65 bits per heavy atom. The maximum atomic E-state index is 13.0. The van der Waals surface area contributed by atoms with E-state index in [1.165, 1.54) is 0 Å². The zero-order chi connectivity index (χ0) is 18.6. The van der Waals surface area contributed by atoms with Gasteiger partial charge in [-0.15, -0.1) is 0 Å². The number of hydrogen-bond donors (Lipinski definition) is 0. The van der Waals surface area contributed by atoms with E-state index in [1.807, 2.05) is 43.3 Å². The summed E-state index contributed by atoms with van der Waals surface area (Å²) in [6.07, 6.45) is 4.36. The topological polar surface area (TPSA) is 57.7 Å². The minimum absolute atomic E-state index is 0.0420. The average molecular weight is 370 g/mol. The Balaban J connectivity index is 1.91. The van der Waals surface area contributed by atoms with Gasteiger partial charge in [0.1, 0.15) is 0 Å². The third kappa shape index (κ3) is 3.96. The van der Waals surface area contributed by atoms with Gasteiger partial charge in [0, 0.05) is 13.1 Å². The molecule has 0 saturated heterocycles. The lowest BCUT2D eigenvalue weighted by Crippen LogP contribution is -2.47. The van der Waals surface area contributed by atoms with E-state index in [1.54, 1.807) is 35.2 Å². The van der Waals surface area contributed by atoms with Gasteiger partial charge in [0.25, 0.3) is 10.0 Å². The molecule has 0 fully saturated rings. The van der Waals surface area contributed by atoms with Gasteiger partial charge < -0.3 is 4.90 Å². The molecule has 2 amide bonds. The van der Waals surface area contributed by atoms with Crippen molar-refractivity contribution in [2.24, 2.45) is 0 Å². The van der Waals surface area contributed by atoms with Crippen molar-refractivity contribution in [2.75, 3.05) is 13.1 Å². The fraction of sp³-hybridized carbons (Fsp3) is 0.250. The van der Waals surface area contributed by atoms with E-state index in [0.29, 0.717) is 19.5 Å². The van der Waals surface area contributed by atoms with E-state index < -0.39 is 16.1 Å². The molecule has 0 bridgehead atoms. The molecule has 0 radical (unpaired) electrons. The molecule has 0 N–H and O–H groups in total. The highest BCUT2D eigenvalue weighted by molar-refractivity contribution is 7.89. The van der Waals surface area contributed by atoms with Gasteiger partial charge in [-0.3, -0.25) is 0 Å². The van der Waals surface area contributed by atoms with Gasteiger partial charge >= 0.3 is 6.03 Å². The predicted octanol–water partition coefficient (Wildman–Crippen LogP) is 3.57.